The fourth-order valence-electron chi connectivity index (χ4n) is 2.95. The quantitative estimate of drug-likeness (QED) is 0.815. The van der Waals surface area contributed by atoms with E-state index >= 15 is 0 Å². The number of urea groups is 1. The summed E-state index contributed by atoms with van der Waals surface area (Å²) in [5.74, 6) is 0. The van der Waals surface area contributed by atoms with Gasteiger partial charge in [0.15, 0.2) is 0 Å². The molecule has 23 heavy (non-hydrogen) atoms. The molecule has 0 aliphatic heterocycles. The number of carbonyl (C=O) groups excluding carboxylic acids is 1. The number of hydrogen-bond donors (Lipinski definition) is 3. The van der Waals surface area contributed by atoms with Gasteiger partial charge in [-0.15, -0.1) is 0 Å². The van der Waals surface area contributed by atoms with E-state index in [0.29, 0.717) is 5.69 Å². The third-order valence-electron chi connectivity index (χ3n) is 4.24. The van der Waals surface area contributed by atoms with Crippen LogP contribution in [0.5, 0.6) is 0 Å². The van der Waals surface area contributed by atoms with E-state index in [1.165, 1.54) is 0 Å². The van der Waals surface area contributed by atoms with Crippen LogP contribution in [0.4, 0.5) is 10.5 Å². The summed E-state index contributed by atoms with van der Waals surface area (Å²) in [7, 11) is 0. The first-order chi connectivity index (χ1) is 11.1. The lowest BCUT2D eigenvalue weighted by Crippen LogP contribution is -2.41. The summed E-state index contributed by atoms with van der Waals surface area (Å²) in [6, 6.07) is 9.41. The predicted octanol–water partition coefficient (Wildman–Crippen LogP) is 2.61. The van der Waals surface area contributed by atoms with E-state index in [4.69, 9.17) is 0 Å². The second-order valence-electron chi connectivity index (χ2n) is 6.01. The molecule has 1 aromatic carbocycles. The fraction of sp³-hybridized carbons (Fsp3) is 0.412. The molecule has 3 rings (SSSR count). The van der Waals surface area contributed by atoms with Crippen molar-refractivity contribution < 1.29 is 9.90 Å². The van der Waals surface area contributed by atoms with Crippen molar-refractivity contribution in [2.75, 3.05) is 5.32 Å². The summed E-state index contributed by atoms with van der Waals surface area (Å²) in [4.78, 5) is 12.3. The monoisotopic (exact) mass is 314 g/mol. The summed E-state index contributed by atoms with van der Waals surface area (Å²) in [6.45, 7) is 1.97. The maximum Gasteiger partial charge on any atom is 0.319 e. The lowest BCUT2D eigenvalue weighted by Gasteiger charge is -2.26. The molecule has 0 bridgehead atoms. The van der Waals surface area contributed by atoms with Crippen LogP contribution in [0.3, 0.4) is 0 Å². The van der Waals surface area contributed by atoms with Crippen LogP contribution in [0, 0.1) is 6.92 Å². The highest BCUT2D eigenvalue weighted by Gasteiger charge is 2.21. The van der Waals surface area contributed by atoms with Crippen molar-refractivity contribution in [1.29, 1.82) is 0 Å². The Morgan fingerprint density at radius 3 is 2.65 bits per heavy atom. The number of aromatic nitrogens is 2. The van der Waals surface area contributed by atoms with Gasteiger partial charge in [0.25, 0.3) is 0 Å². The van der Waals surface area contributed by atoms with Crippen molar-refractivity contribution in [3.05, 3.63) is 42.2 Å². The lowest BCUT2D eigenvalue weighted by atomic mass is 9.93. The molecule has 1 aromatic heterocycles. The zero-order chi connectivity index (χ0) is 16.2. The van der Waals surface area contributed by atoms with E-state index in [0.717, 1.165) is 37.1 Å². The molecule has 1 heterocycles. The molecule has 0 saturated heterocycles. The molecule has 0 radical (unpaired) electrons. The normalized spacial score (nSPS) is 21.0. The zero-order valence-electron chi connectivity index (χ0n) is 13.2. The highest BCUT2D eigenvalue weighted by Crippen LogP contribution is 2.21. The average molecular weight is 314 g/mol. The third kappa shape index (κ3) is 3.71. The number of aryl methyl sites for hydroxylation is 1. The van der Waals surface area contributed by atoms with Crippen LogP contribution in [-0.4, -0.2) is 33.1 Å². The Bertz CT molecular complexity index is 675. The fourth-order valence-corrected chi connectivity index (χ4v) is 2.95. The van der Waals surface area contributed by atoms with Crippen LogP contribution in [-0.2, 0) is 0 Å². The number of nitrogens with zero attached hydrogens (tertiary/aromatic N) is 2. The van der Waals surface area contributed by atoms with Gasteiger partial charge >= 0.3 is 6.03 Å². The summed E-state index contributed by atoms with van der Waals surface area (Å²) >= 11 is 0. The van der Waals surface area contributed by atoms with Crippen LogP contribution >= 0.6 is 0 Å². The molecular weight excluding hydrogens is 292 g/mol. The van der Waals surface area contributed by atoms with E-state index in [1.54, 1.807) is 10.9 Å². The van der Waals surface area contributed by atoms with Crippen molar-refractivity contribution in [2.24, 2.45) is 0 Å². The molecule has 0 spiro atoms. The lowest BCUT2D eigenvalue weighted by molar-refractivity contribution is 0.118. The Morgan fingerprint density at radius 1 is 1.22 bits per heavy atom. The van der Waals surface area contributed by atoms with E-state index in [2.05, 4.69) is 15.7 Å². The van der Waals surface area contributed by atoms with Crippen LogP contribution in [0.25, 0.3) is 5.69 Å². The molecule has 0 unspecified atom stereocenters. The number of carbonyl (C=O) groups is 1. The van der Waals surface area contributed by atoms with Gasteiger partial charge in [0.1, 0.15) is 0 Å². The highest BCUT2D eigenvalue weighted by molar-refractivity contribution is 5.91. The minimum atomic E-state index is -0.223. The van der Waals surface area contributed by atoms with E-state index in [9.17, 15) is 9.90 Å². The van der Waals surface area contributed by atoms with E-state index in [-0.39, 0.29) is 18.2 Å². The summed E-state index contributed by atoms with van der Waals surface area (Å²) in [5.41, 5.74) is 2.55. The van der Waals surface area contributed by atoms with Gasteiger partial charge in [-0.25, -0.2) is 9.48 Å². The van der Waals surface area contributed by atoms with E-state index in [1.807, 2.05) is 37.3 Å². The number of para-hydroxylation sites is 2. The number of rotatable bonds is 3. The van der Waals surface area contributed by atoms with Crippen molar-refractivity contribution in [3.8, 4) is 5.69 Å². The molecule has 122 valence electrons. The van der Waals surface area contributed by atoms with Gasteiger partial charge in [-0.2, -0.15) is 5.10 Å². The number of hydrogen-bond acceptors (Lipinski definition) is 3. The Morgan fingerprint density at radius 2 is 1.96 bits per heavy atom. The molecule has 2 amide bonds. The summed E-state index contributed by atoms with van der Waals surface area (Å²) < 4.78 is 1.80. The average Bonchev–Trinajstić information content (AvgIpc) is 2.96. The van der Waals surface area contributed by atoms with Crippen molar-refractivity contribution >= 4 is 11.7 Å². The number of aliphatic hydroxyl groups is 1. The predicted molar refractivity (Wildman–Crippen MR) is 88.7 cm³/mol. The SMILES string of the molecule is Cc1ccnn1-c1ccccc1NC(=O)NC1CCC(O)CC1. The first-order valence-corrected chi connectivity index (χ1v) is 7.99. The molecule has 1 aliphatic rings. The Hall–Kier alpha value is -2.34. The van der Waals surface area contributed by atoms with Crippen molar-refractivity contribution in [1.82, 2.24) is 15.1 Å². The summed E-state index contributed by atoms with van der Waals surface area (Å²) in [6.07, 6.45) is 4.63. The van der Waals surface area contributed by atoms with Crippen LogP contribution in [0.1, 0.15) is 31.4 Å². The van der Waals surface area contributed by atoms with Crippen LogP contribution in [0.2, 0.25) is 0 Å². The molecule has 6 nitrogen and oxygen atoms in total. The number of anilines is 1. The Kier molecular flexibility index (Phi) is 4.62. The Labute approximate surface area is 135 Å². The van der Waals surface area contributed by atoms with E-state index < -0.39 is 0 Å². The first kappa shape index (κ1) is 15.6. The molecular formula is C17H22N4O2. The number of nitrogens with one attached hydrogen (secondary N) is 2. The minimum Gasteiger partial charge on any atom is -0.393 e. The minimum absolute atomic E-state index is 0.122. The maximum absolute atomic E-state index is 12.3. The molecule has 1 fully saturated rings. The molecule has 3 N–H and O–H groups in total. The summed E-state index contributed by atoms with van der Waals surface area (Å²) in [5, 5.41) is 19.7. The maximum atomic E-state index is 12.3. The Balaban J connectivity index is 1.68. The first-order valence-electron chi connectivity index (χ1n) is 7.99. The van der Waals surface area contributed by atoms with Crippen molar-refractivity contribution in [2.45, 2.75) is 44.8 Å². The molecule has 0 atom stereocenters. The highest BCUT2D eigenvalue weighted by atomic mass is 16.3. The molecule has 6 heteroatoms. The van der Waals surface area contributed by atoms with Gasteiger partial charge in [0, 0.05) is 17.9 Å². The van der Waals surface area contributed by atoms with Crippen LogP contribution in [0.15, 0.2) is 36.5 Å². The standard InChI is InChI=1S/C17H22N4O2/c1-12-10-11-18-21(12)16-5-3-2-4-15(16)20-17(23)19-13-6-8-14(22)9-7-13/h2-5,10-11,13-14,22H,6-9H2,1H3,(H2,19,20,23). The topological polar surface area (TPSA) is 79.2 Å². The van der Waals surface area contributed by atoms with Crippen molar-refractivity contribution in [3.63, 3.8) is 0 Å². The number of benzene rings is 1. The smallest absolute Gasteiger partial charge is 0.319 e. The third-order valence-corrected chi connectivity index (χ3v) is 4.24. The number of amides is 2. The van der Waals surface area contributed by atoms with Gasteiger partial charge in [-0.05, 0) is 50.8 Å². The zero-order valence-corrected chi connectivity index (χ0v) is 13.2. The molecule has 1 saturated carbocycles. The second kappa shape index (κ2) is 6.83. The molecule has 1 aliphatic carbocycles. The van der Waals surface area contributed by atoms with Crippen LogP contribution < -0.4 is 10.6 Å². The second-order valence-corrected chi connectivity index (χ2v) is 6.01. The van der Waals surface area contributed by atoms with Gasteiger partial charge in [-0.1, -0.05) is 12.1 Å². The molecule has 2 aromatic rings. The van der Waals surface area contributed by atoms with Gasteiger partial charge < -0.3 is 15.7 Å². The largest absolute Gasteiger partial charge is 0.393 e. The van der Waals surface area contributed by atoms with Gasteiger partial charge in [0.05, 0.1) is 17.5 Å². The number of aliphatic hydroxyl groups excluding tert-OH is 1. The van der Waals surface area contributed by atoms with Gasteiger partial charge in [0.2, 0.25) is 0 Å². The van der Waals surface area contributed by atoms with Gasteiger partial charge in [-0.3, -0.25) is 0 Å².